The first-order chi connectivity index (χ1) is 9.70. The van der Waals surface area contributed by atoms with Gasteiger partial charge in [0.05, 0.1) is 10.6 Å². The number of carbonyl (C=O) groups excluding carboxylic acids is 1. The molecule has 1 amide bonds. The Balaban J connectivity index is 2.42. The molecule has 0 bridgehead atoms. The second-order valence-electron chi connectivity index (χ2n) is 4.09. The number of aryl methyl sites for hydroxylation is 1. The first-order valence-electron chi connectivity index (χ1n) is 5.52. The highest BCUT2D eigenvalue weighted by atomic mass is 35.5. The fourth-order valence-corrected chi connectivity index (χ4v) is 4.19. The van der Waals surface area contributed by atoms with E-state index in [2.05, 4.69) is 9.71 Å². The number of nitrogens with two attached hydrogens (primary N) is 1. The van der Waals surface area contributed by atoms with Gasteiger partial charge in [0.15, 0.2) is 4.21 Å². The Hall–Kier alpha value is -1.84. The van der Waals surface area contributed by atoms with Crippen molar-refractivity contribution in [3.8, 4) is 0 Å². The summed E-state index contributed by atoms with van der Waals surface area (Å²) in [6, 6.07) is 3.97. The van der Waals surface area contributed by atoms with Crippen LogP contribution in [0.25, 0.3) is 0 Å². The van der Waals surface area contributed by atoms with Crippen LogP contribution in [0, 0.1) is 6.92 Å². The number of rotatable bonds is 4. The number of sulfonamides is 1. The molecule has 0 unspecified atom stereocenters. The van der Waals surface area contributed by atoms with E-state index in [4.69, 9.17) is 17.3 Å². The lowest BCUT2D eigenvalue weighted by Crippen LogP contribution is -2.15. The summed E-state index contributed by atoms with van der Waals surface area (Å²) in [5.41, 5.74) is 5.49. The summed E-state index contributed by atoms with van der Waals surface area (Å²) in [4.78, 5) is 24.3. The first kappa shape index (κ1) is 15.5. The predicted molar refractivity (Wildman–Crippen MR) is 80.5 cm³/mol. The summed E-state index contributed by atoms with van der Waals surface area (Å²) < 4.78 is 26.5. The number of H-pyrrole nitrogens is 1. The Morgan fingerprint density at radius 3 is 2.62 bits per heavy atom. The maximum atomic E-state index is 12.2. The molecule has 0 saturated heterocycles. The van der Waals surface area contributed by atoms with Crippen LogP contribution >= 0.6 is 22.9 Å². The second-order valence-corrected chi connectivity index (χ2v) is 7.36. The molecule has 112 valence electrons. The Bertz CT molecular complexity index is 870. The predicted octanol–water partition coefficient (Wildman–Crippen LogP) is 1.30. The van der Waals surface area contributed by atoms with Gasteiger partial charge in [-0.2, -0.15) is 0 Å². The largest absolute Gasteiger partial charge is 0.366 e. The number of aromatic nitrogens is 1. The van der Waals surface area contributed by atoms with Crippen LogP contribution in [0.4, 0.5) is 5.69 Å². The highest BCUT2D eigenvalue weighted by molar-refractivity contribution is 7.94. The monoisotopic (exact) mass is 347 g/mol. The van der Waals surface area contributed by atoms with E-state index in [0.29, 0.717) is 11.3 Å². The van der Waals surface area contributed by atoms with Crippen LogP contribution in [0.5, 0.6) is 0 Å². The van der Waals surface area contributed by atoms with Crippen molar-refractivity contribution in [3.63, 3.8) is 0 Å². The lowest BCUT2D eigenvalue weighted by molar-refractivity contribution is 0.100. The number of primary amides is 1. The lowest BCUT2D eigenvalue weighted by Gasteiger charge is -2.08. The smallest absolute Gasteiger partial charge is 0.306 e. The molecule has 2 aromatic rings. The summed E-state index contributed by atoms with van der Waals surface area (Å²) in [6.45, 7) is 1.48. The van der Waals surface area contributed by atoms with Crippen LogP contribution < -0.4 is 15.3 Å². The third kappa shape index (κ3) is 3.26. The van der Waals surface area contributed by atoms with Crippen LogP contribution in [0.3, 0.4) is 0 Å². The van der Waals surface area contributed by atoms with Crippen molar-refractivity contribution in [1.82, 2.24) is 4.98 Å². The van der Waals surface area contributed by atoms with E-state index < -0.39 is 20.8 Å². The Kier molecular flexibility index (Phi) is 4.08. The average molecular weight is 348 g/mol. The third-order valence-corrected chi connectivity index (χ3v) is 5.82. The molecule has 2 rings (SSSR count). The number of carbonyl (C=O) groups is 1. The highest BCUT2D eigenvalue weighted by Gasteiger charge is 2.21. The molecule has 0 radical (unpaired) electrons. The van der Waals surface area contributed by atoms with Gasteiger partial charge in [0.25, 0.3) is 10.0 Å². The highest BCUT2D eigenvalue weighted by Crippen LogP contribution is 2.24. The molecule has 1 heterocycles. The van der Waals surface area contributed by atoms with Gasteiger partial charge in [-0.15, -0.1) is 0 Å². The Morgan fingerprint density at radius 2 is 2.10 bits per heavy atom. The molecule has 1 aromatic carbocycles. The van der Waals surface area contributed by atoms with Crippen LogP contribution in [-0.2, 0) is 10.0 Å². The standard InChI is InChI=1S/C11H10ClN3O4S2/c1-5-10(20-11(17)14-5)21(18,19)15-6-2-3-8(12)7(4-6)9(13)16/h2-4,15H,1H3,(H2,13,16)(H,14,17). The van der Waals surface area contributed by atoms with E-state index in [-0.39, 0.29) is 26.2 Å². The van der Waals surface area contributed by atoms with Gasteiger partial charge in [-0.3, -0.25) is 14.3 Å². The molecule has 4 N–H and O–H groups in total. The number of thiazole rings is 1. The molecule has 0 atom stereocenters. The number of amides is 1. The zero-order chi connectivity index (χ0) is 15.8. The number of benzene rings is 1. The summed E-state index contributed by atoms with van der Waals surface area (Å²) >= 11 is 6.36. The van der Waals surface area contributed by atoms with Crippen molar-refractivity contribution in [2.75, 3.05) is 4.72 Å². The third-order valence-electron chi connectivity index (χ3n) is 2.51. The maximum Gasteiger partial charge on any atom is 0.306 e. The molecular weight excluding hydrogens is 338 g/mol. The summed E-state index contributed by atoms with van der Waals surface area (Å²) in [5, 5.41) is 0.118. The minimum atomic E-state index is -3.94. The van der Waals surface area contributed by atoms with Crippen molar-refractivity contribution in [1.29, 1.82) is 0 Å². The zero-order valence-electron chi connectivity index (χ0n) is 10.6. The van der Waals surface area contributed by atoms with E-state index in [1.54, 1.807) is 0 Å². The molecule has 0 fully saturated rings. The van der Waals surface area contributed by atoms with Crippen molar-refractivity contribution < 1.29 is 13.2 Å². The topological polar surface area (TPSA) is 122 Å². The Labute approximate surface area is 128 Å². The van der Waals surface area contributed by atoms with Gasteiger partial charge in [-0.1, -0.05) is 22.9 Å². The van der Waals surface area contributed by atoms with Crippen molar-refractivity contribution in [2.24, 2.45) is 5.73 Å². The number of hydrogen-bond acceptors (Lipinski definition) is 5. The van der Waals surface area contributed by atoms with E-state index in [9.17, 15) is 18.0 Å². The number of nitrogens with one attached hydrogen (secondary N) is 2. The van der Waals surface area contributed by atoms with Crippen molar-refractivity contribution in [2.45, 2.75) is 11.1 Å². The van der Waals surface area contributed by atoms with Gasteiger partial charge in [-0.25, -0.2) is 8.42 Å². The number of anilines is 1. The zero-order valence-corrected chi connectivity index (χ0v) is 13.0. The van der Waals surface area contributed by atoms with E-state index >= 15 is 0 Å². The van der Waals surface area contributed by atoms with Gasteiger partial charge in [-0.05, 0) is 25.1 Å². The van der Waals surface area contributed by atoms with E-state index in [1.165, 1.54) is 25.1 Å². The minimum Gasteiger partial charge on any atom is -0.366 e. The van der Waals surface area contributed by atoms with Crippen molar-refractivity contribution in [3.05, 3.63) is 44.1 Å². The molecule has 0 aliphatic rings. The van der Waals surface area contributed by atoms with E-state index in [1.807, 2.05) is 0 Å². The molecule has 1 aromatic heterocycles. The molecule has 0 saturated carbocycles. The average Bonchev–Trinajstić information content (AvgIpc) is 2.71. The van der Waals surface area contributed by atoms with Crippen molar-refractivity contribution >= 4 is 44.6 Å². The van der Waals surface area contributed by atoms with E-state index in [0.717, 1.165) is 0 Å². The number of halogens is 1. The Morgan fingerprint density at radius 1 is 1.43 bits per heavy atom. The molecular formula is C11H10ClN3O4S2. The van der Waals surface area contributed by atoms with Crippen LogP contribution in [-0.4, -0.2) is 19.3 Å². The maximum absolute atomic E-state index is 12.2. The molecule has 10 heteroatoms. The molecule has 21 heavy (non-hydrogen) atoms. The fraction of sp³-hybridized carbons (Fsp3) is 0.0909. The second kappa shape index (κ2) is 5.51. The number of aromatic amines is 1. The summed E-state index contributed by atoms with van der Waals surface area (Å²) in [7, 11) is -3.94. The van der Waals surface area contributed by atoms with Gasteiger partial charge in [0.2, 0.25) is 5.91 Å². The SMILES string of the molecule is Cc1[nH]c(=O)sc1S(=O)(=O)Nc1ccc(Cl)c(C(N)=O)c1. The van der Waals surface area contributed by atoms with Crippen LogP contribution in [0.15, 0.2) is 27.2 Å². The molecule has 0 aliphatic heterocycles. The molecule has 7 nitrogen and oxygen atoms in total. The minimum absolute atomic E-state index is 0.00385. The quantitative estimate of drug-likeness (QED) is 0.771. The van der Waals surface area contributed by atoms with Gasteiger partial charge >= 0.3 is 4.87 Å². The van der Waals surface area contributed by atoms with Crippen LogP contribution in [0.1, 0.15) is 16.1 Å². The first-order valence-corrected chi connectivity index (χ1v) is 8.20. The summed E-state index contributed by atoms with van der Waals surface area (Å²) in [5.74, 6) is -0.775. The van der Waals surface area contributed by atoms with Gasteiger partial charge < -0.3 is 10.7 Å². The van der Waals surface area contributed by atoms with Crippen LogP contribution in [0.2, 0.25) is 5.02 Å². The fourth-order valence-electron chi connectivity index (χ4n) is 1.63. The summed E-state index contributed by atoms with van der Waals surface area (Å²) in [6.07, 6.45) is 0. The lowest BCUT2D eigenvalue weighted by atomic mass is 10.2. The molecule has 0 aliphatic carbocycles. The van der Waals surface area contributed by atoms with Gasteiger partial charge in [0.1, 0.15) is 0 Å². The normalized spacial score (nSPS) is 11.3. The van der Waals surface area contributed by atoms with Gasteiger partial charge in [0, 0.05) is 11.4 Å². The molecule has 0 spiro atoms. The number of hydrogen-bond donors (Lipinski definition) is 3.